The first-order valence-electron chi connectivity index (χ1n) is 3.34. The van der Waals surface area contributed by atoms with E-state index in [0.29, 0.717) is 6.61 Å². The summed E-state index contributed by atoms with van der Waals surface area (Å²) in [5, 5.41) is 0. The summed E-state index contributed by atoms with van der Waals surface area (Å²) in [6.07, 6.45) is 1.25. The molecule has 0 N–H and O–H groups in total. The third-order valence-electron chi connectivity index (χ3n) is 0.968. The van der Waals surface area contributed by atoms with Gasteiger partial charge in [-0.05, 0) is 6.04 Å². The predicted octanol–water partition coefficient (Wildman–Crippen LogP) is -0.626. The molecule has 0 saturated carbocycles. The van der Waals surface area contributed by atoms with E-state index < -0.39 is 0 Å². The minimum atomic E-state index is -0.229. The number of hydrogen-bond donors (Lipinski definition) is 0. The van der Waals surface area contributed by atoms with Crippen LogP contribution in [0.3, 0.4) is 0 Å². The zero-order valence-corrected chi connectivity index (χ0v) is 9.64. The lowest BCUT2D eigenvalue weighted by Crippen LogP contribution is -1.99. The van der Waals surface area contributed by atoms with Crippen LogP contribution in [0, 0.1) is 6.61 Å². The average Bonchev–Trinajstić information content (AvgIpc) is 1.89. The highest BCUT2D eigenvalue weighted by molar-refractivity contribution is 6.27. The fourth-order valence-corrected chi connectivity index (χ4v) is 1.28. The van der Waals surface area contributed by atoms with Crippen molar-refractivity contribution in [3.63, 3.8) is 0 Å². The third kappa shape index (κ3) is 8.35. The van der Waals surface area contributed by atoms with Gasteiger partial charge in [0.25, 0.3) is 0 Å². The zero-order chi connectivity index (χ0) is 6.95. The molecule has 0 spiro atoms. The lowest BCUT2D eigenvalue weighted by Gasteiger charge is -1.99. The van der Waals surface area contributed by atoms with E-state index in [1.54, 1.807) is 6.61 Å². The van der Waals surface area contributed by atoms with Crippen LogP contribution in [-0.2, 0) is 8.85 Å². The summed E-state index contributed by atoms with van der Waals surface area (Å²) in [6.45, 7) is 4.65. The van der Waals surface area contributed by atoms with Gasteiger partial charge in [-0.25, -0.2) is 0 Å². The molecule has 0 aromatic rings. The van der Waals surface area contributed by atoms with Gasteiger partial charge in [0, 0.05) is 0 Å². The first kappa shape index (κ1) is 9.35. The molecule has 0 unspecified atom stereocenters. The molecule has 0 aliphatic heterocycles. The van der Waals surface area contributed by atoms with Gasteiger partial charge in [0.05, 0.1) is 13.2 Å². The van der Waals surface area contributed by atoms with Crippen LogP contribution < -0.4 is 0 Å². The average molecular weight is 163 g/mol. The van der Waals surface area contributed by atoms with Crippen molar-refractivity contribution in [1.29, 1.82) is 0 Å². The van der Waals surface area contributed by atoms with Crippen LogP contribution in [0.2, 0.25) is 6.04 Å². The maximum Gasteiger partial charge on any atom is 0.162 e. The van der Waals surface area contributed by atoms with Gasteiger partial charge in [-0.1, -0.05) is 13.3 Å². The molecule has 2 nitrogen and oxygen atoms in total. The molecule has 0 atom stereocenters. The van der Waals surface area contributed by atoms with Crippen LogP contribution in [-0.4, -0.2) is 26.9 Å². The van der Waals surface area contributed by atoms with E-state index in [-0.39, 0.29) is 9.76 Å². The second-order valence-corrected chi connectivity index (χ2v) is 3.87. The van der Waals surface area contributed by atoms with Crippen molar-refractivity contribution in [2.45, 2.75) is 19.4 Å². The lowest BCUT2D eigenvalue weighted by molar-refractivity contribution is 0.296. The van der Waals surface area contributed by atoms with Crippen molar-refractivity contribution in [2.75, 3.05) is 6.61 Å². The van der Waals surface area contributed by atoms with Crippen molar-refractivity contribution >= 4 is 20.2 Å². The SMILES string of the molecule is CCC[SiH2]O[CH]CO[SiH3]. The van der Waals surface area contributed by atoms with Gasteiger partial charge in [0.15, 0.2) is 9.76 Å². The molecular formula is C5H15O2Si2. The topological polar surface area (TPSA) is 18.5 Å². The van der Waals surface area contributed by atoms with Crippen molar-refractivity contribution in [3.05, 3.63) is 6.61 Å². The fraction of sp³-hybridized carbons (Fsp3) is 0.800. The van der Waals surface area contributed by atoms with Gasteiger partial charge >= 0.3 is 0 Å². The summed E-state index contributed by atoms with van der Waals surface area (Å²) in [7, 11) is 0.583. The maximum atomic E-state index is 5.23. The standard InChI is InChI=1S/C5H15O2Si2/c1-2-5-9-7-4-3-6-8/h4H,2-3,5,9H2,1,8H3. The van der Waals surface area contributed by atoms with Crippen LogP contribution in [0.1, 0.15) is 13.3 Å². The van der Waals surface area contributed by atoms with Crippen molar-refractivity contribution < 1.29 is 8.85 Å². The first-order valence-corrected chi connectivity index (χ1v) is 5.73. The molecule has 0 saturated heterocycles. The predicted molar refractivity (Wildman–Crippen MR) is 44.9 cm³/mol. The van der Waals surface area contributed by atoms with Crippen molar-refractivity contribution in [1.82, 2.24) is 0 Å². The Bertz CT molecular complexity index is 46.2. The monoisotopic (exact) mass is 163 g/mol. The zero-order valence-electron chi connectivity index (χ0n) is 6.22. The Kier molecular flexibility index (Phi) is 8.68. The highest BCUT2D eigenvalue weighted by Crippen LogP contribution is 1.88. The van der Waals surface area contributed by atoms with Gasteiger partial charge < -0.3 is 8.85 Å². The van der Waals surface area contributed by atoms with E-state index >= 15 is 0 Å². The fourth-order valence-electron chi connectivity index (χ4n) is 0.427. The Hall–Kier alpha value is 0.354. The molecule has 0 aromatic heterocycles. The summed E-state index contributed by atoms with van der Waals surface area (Å²) in [6, 6.07) is 1.28. The van der Waals surface area contributed by atoms with Crippen LogP contribution >= 0.6 is 0 Å². The van der Waals surface area contributed by atoms with Gasteiger partial charge in [-0.3, -0.25) is 0 Å². The Morgan fingerprint density at radius 3 is 3.00 bits per heavy atom. The third-order valence-corrected chi connectivity index (χ3v) is 2.77. The minimum Gasteiger partial charge on any atom is -0.425 e. The van der Waals surface area contributed by atoms with E-state index in [9.17, 15) is 0 Å². The molecular weight excluding hydrogens is 148 g/mol. The largest absolute Gasteiger partial charge is 0.425 e. The van der Waals surface area contributed by atoms with Gasteiger partial charge in [0.1, 0.15) is 10.5 Å². The molecule has 1 radical (unpaired) electrons. The Balaban J connectivity index is 2.60. The molecule has 0 amide bonds. The molecule has 0 heterocycles. The normalized spacial score (nSPS) is 11.7. The highest BCUT2D eigenvalue weighted by atomic mass is 28.2. The van der Waals surface area contributed by atoms with E-state index in [1.807, 2.05) is 0 Å². The summed E-state index contributed by atoms with van der Waals surface area (Å²) in [5.41, 5.74) is 0. The Morgan fingerprint density at radius 2 is 2.44 bits per heavy atom. The summed E-state index contributed by atoms with van der Waals surface area (Å²) in [5.74, 6) is 0. The molecule has 9 heavy (non-hydrogen) atoms. The van der Waals surface area contributed by atoms with Crippen LogP contribution in [0.5, 0.6) is 0 Å². The summed E-state index contributed by atoms with van der Waals surface area (Å²) >= 11 is 0. The number of hydrogen-bond acceptors (Lipinski definition) is 2. The molecule has 55 valence electrons. The van der Waals surface area contributed by atoms with E-state index in [1.165, 1.54) is 12.5 Å². The van der Waals surface area contributed by atoms with Crippen LogP contribution in [0.25, 0.3) is 0 Å². The number of rotatable bonds is 6. The highest BCUT2D eigenvalue weighted by Gasteiger charge is 1.86. The Labute approximate surface area is 62.4 Å². The minimum absolute atomic E-state index is 0.229. The Morgan fingerprint density at radius 1 is 1.67 bits per heavy atom. The van der Waals surface area contributed by atoms with Crippen LogP contribution in [0.4, 0.5) is 0 Å². The second kappa shape index (κ2) is 8.35. The molecule has 0 rings (SSSR count). The van der Waals surface area contributed by atoms with Gasteiger partial charge in [0.2, 0.25) is 0 Å². The lowest BCUT2D eigenvalue weighted by atomic mass is 10.6. The van der Waals surface area contributed by atoms with Crippen molar-refractivity contribution in [2.24, 2.45) is 0 Å². The molecule has 4 heteroatoms. The van der Waals surface area contributed by atoms with Crippen LogP contribution in [0.15, 0.2) is 0 Å². The molecule has 0 aliphatic carbocycles. The molecule has 0 fully saturated rings. The smallest absolute Gasteiger partial charge is 0.162 e. The first-order chi connectivity index (χ1) is 4.41. The van der Waals surface area contributed by atoms with E-state index in [4.69, 9.17) is 8.85 Å². The summed E-state index contributed by atoms with van der Waals surface area (Å²) < 4.78 is 10.1. The molecule has 0 aliphatic rings. The molecule has 0 bridgehead atoms. The summed E-state index contributed by atoms with van der Waals surface area (Å²) in [4.78, 5) is 0. The van der Waals surface area contributed by atoms with Gasteiger partial charge in [-0.2, -0.15) is 0 Å². The molecule has 0 aromatic carbocycles. The quantitative estimate of drug-likeness (QED) is 0.384. The maximum absolute atomic E-state index is 5.23. The van der Waals surface area contributed by atoms with E-state index in [2.05, 4.69) is 6.92 Å². The van der Waals surface area contributed by atoms with E-state index in [0.717, 1.165) is 10.5 Å². The second-order valence-electron chi connectivity index (χ2n) is 1.85. The van der Waals surface area contributed by atoms with Crippen molar-refractivity contribution in [3.8, 4) is 0 Å². The van der Waals surface area contributed by atoms with Gasteiger partial charge in [-0.15, -0.1) is 0 Å².